The van der Waals surface area contributed by atoms with Gasteiger partial charge in [0.1, 0.15) is 11.4 Å². The number of ether oxygens (including phenoxy) is 2. The number of hydrogen-bond donors (Lipinski definition) is 1. The van der Waals surface area contributed by atoms with Crippen molar-refractivity contribution in [3.05, 3.63) is 60.0 Å². The Morgan fingerprint density at radius 2 is 1.88 bits per heavy atom. The van der Waals surface area contributed by atoms with Gasteiger partial charge in [0.05, 0.1) is 13.3 Å². The van der Waals surface area contributed by atoms with E-state index in [1.54, 1.807) is 28.7 Å². The normalized spacial score (nSPS) is 10.4. The first kappa shape index (κ1) is 15.5. The number of carbonyl (C=O) groups is 2. The number of amides is 1. The summed E-state index contributed by atoms with van der Waals surface area (Å²) in [5.41, 5.74) is 2.55. The molecule has 122 valence electrons. The first-order valence-electron chi connectivity index (χ1n) is 7.18. The molecule has 2 aromatic heterocycles. The van der Waals surface area contributed by atoms with Crippen molar-refractivity contribution < 1.29 is 19.1 Å². The highest BCUT2D eigenvalue weighted by atomic mass is 16.5. The maximum atomic E-state index is 12.3. The van der Waals surface area contributed by atoms with Crippen molar-refractivity contribution in [2.45, 2.75) is 6.92 Å². The van der Waals surface area contributed by atoms with E-state index in [-0.39, 0.29) is 0 Å². The van der Waals surface area contributed by atoms with Gasteiger partial charge >= 0.3 is 12.1 Å². The van der Waals surface area contributed by atoms with Gasteiger partial charge in [-0.25, -0.2) is 14.6 Å². The van der Waals surface area contributed by atoms with Gasteiger partial charge in [-0.2, -0.15) is 0 Å². The Morgan fingerprint density at radius 1 is 1.12 bits per heavy atom. The summed E-state index contributed by atoms with van der Waals surface area (Å²) in [7, 11) is 1.28. The summed E-state index contributed by atoms with van der Waals surface area (Å²) >= 11 is 0. The van der Waals surface area contributed by atoms with Crippen LogP contribution in [0.5, 0.6) is 5.75 Å². The zero-order valence-electron chi connectivity index (χ0n) is 13.1. The standard InChI is InChI=1S/C17H15N3O4/c1-11-3-8-15-18-9-14(20(15)10-11)16(21)24-13-6-4-12(5-7-13)19-17(22)23-2/h3-10H,1-2H3,(H,19,22). The monoisotopic (exact) mass is 325 g/mol. The van der Waals surface area contributed by atoms with E-state index < -0.39 is 12.1 Å². The van der Waals surface area contributed by atoms with Crippen LogP contribution in [0.15, 0.2) is 48.8 Å². The number of pyridine rings is 1. The second-order valence-corrected chi connectivity index (χ2v) is 5.11. The number of nitrogens with zero attached hydrogens (tertiary/aromatic N) is 2. The largest absolute Gasteiger partial charge is 0.453 e. The second kappa shape index (κ2) is 6.41. The van der Waals surface area contributed by atoms with Gasteiger partial charge in [0.25, 0.3) is 0 Å². The molecule has 0 bridgehead atoms. The Bertz CT molecular complexity index is 900. The van der Waals surface area contributed by atoms with Crippen LogP contribution in [-0.4, -0.2) is 28.6 Å². The zero-order chi connectivity index (χ0) is 17.1. The molecule has 7 heteroatoms. The summed E-state index contributed by atoms with van der Waals surface area (Å²) < 4.78 is 11.5. The first-order valence-corrected chi connectivity index (χ1v) is 7.18. The van der Waals surface area contributed by atoms with Crippen molar-refractivity contribution in [1.29, 1.82) is 0 Å². The Morgan fingerprint density at radius 3 is 2.58 bits per heavy atom. The smallest absolute Gasteiger partial charge is 0.411 e. The maximum Gasteiger partial charge on any atom is 0.411 e. The fourth-order valence-electron chi connectivity index (χ4n) is 2.17. The van der Waals surface area contributed by atoms with Crippen LogP contribution in [-0.2, 0) is 4.74 Å². The summed E-state index contributed by atoms with van der Waals surface area (Å²) in [5, 5.41) is 2.51. The van der Waals surface area contributed by atoms with Crippen LogP contribution in [0.25, 0.3) is 5.65 Å². The Balaban J connectivity index is 1.76. The number of imidazole rings is 1. The zero-order valence-corrected chi connectivity index (χ0v) is 13.1. The minimum Gasteiger partial charge on any atom is -0.453 e. The lowest BCUT2D eigenvalue weighted by Gasteiger charge is -2.07. The number of benzene rings is 1. The quantitative estimate of drug-likeness (QED) is 0.591. The number of hydrogen-bond acceptors (Lipinski definition) is 5. The number of anilines is 1. The molecule has 24 heavy (non-hydrogen) atoms. The van der Waals surface area contributed by atoms with Crippen LogP contribution in [0.2, 0.25) is 0 Å². The number of aryl methyl sites for hydroxylation is 1. The van der Waals surface area contributed by atoms with Crippen molar-refractivity contribution in [3.63, 3.8) is 0 Å². The SMILES string of the molecule is COC(=O)Nc1ccc(OC(=O)c2cnc3ccc(C)cn23)cc1. The summed E-state index contributed by atoms with van der Waals surface area (Å²) in [4.78, 5) is 27.6. The number of carbonyl (C=O) groups excluding carboxylic acids is 2. The molecule has 0 fully saturated rings. The van der Waals surface area contributed by atoms with Crippen molar-refractivity contribution in [3.8, 4) is 5.75 Å². The Hall–Kier alpha value is -3.35. The van der Waals surface area contributed by atoms with Crippen LogP contribution >= 0.6 is 0 Å². The van der Waals surface area contributed by atoms with E-state index in [0.29, 0.717) is 22.8 Å². The first-order chi connectivity index (χ1) is 11.6. The summed E-state index contributed by atoms with van der Waals surface area (Å²) in [6, 6.07) is 10.1. The molecule has 0 radical (unpaired) electrons. The molecule has 3 aromatic rings. The highest BCUT2D eigenvalue weighted by Gasteiger charge is 2.14. The molecule has 1 amide bonds. The molecule has 0 aliphatic rings. The average Bonchev–Trinajstić information content (AvgIpc) is 2.99. The molecule has 1 N–H and O–H groups in total. The van der Waals surface area contributed by atoms with Gasteiger partial charge in [-0.3, -0.25) is 9.72 Å². The number of rotatable bonds is 3. The molecule has 0 spiro atoms. The molecule has 0 saturated carbocycles. The number of esters is 1. The van der Waals surface area contributed by atoms with Gasteiger partial charge in [-0.1, -0.05) is 6.07 Å². The molecule has 1 aromatic carbocycles. The molecule has 3 rings (SSSR count). The van der Waals surface area contributed by atoms with E-state index in [1.165, 1.54) is 13.3 Å². The summed E-state index contributed by atoms with van der Waals surface area (Å²) in [6.45, 7) is 1.93. The molecule has 0 aliphatic heterocycles. The van der Waals surface area contributed by atoms with Crippen molar-refractivity contribution in [2.24, 2.45) is 0 Å². The predicted molar refractivity (Wildman–Crippen MR) is 87.4 cm³/mol. The molecular formula is C17H15N3O4. The Labute approximate surface area is 137 Å². The van der Waals surface area contributed by atoms with Crippen LogP contribution in [0.4, 0.5) is 10.5 Å². The van der Waals surface area contributed by atoms with E-state index in [0.717, 1.165) is 5.56 Å². The highest BCUT2D eigenvalue weighted by Crippen LogP contribution is 2.18. The molecule has 2 heterocycles. The predicted octanol–water partition coefficient (Wildman–Crippen LogP) is 3.04. The molecule has 0 atom stereocenters. The van der Waals surface area contributed by atoms with E-state index >= 15 is 0 Å². The summed E-state index contributed by atoms with van der Waals surface area (Å²) in [6.07, 6.45) is 2.73. The molecule has 0 unspecified atom stereocenters. The molecule has 0 aliphatic carbocycles. The molecule has 7 nitrogen and oxygen atoms in total. The number of fused-ring (bicyclic) bond motifs is 1. The van der Waals surface area contributed by atoms with Crippen LogP contribution < -0.4 is 10.1 Å². The third kappa shape index (κ3) is 3.19. The topological polar surface area (TPSA) is 81.9 Å². The third-order valence-corrected chi connectivity index (χ3v) is 3.36. The lowest BCUT2D eigenvalue weighted by atomic mass is 10.3. The highest BCUT2D eigenvalue weighted by molar-refractivity contribution is 5.90. The van der Waals surface area contributed by atoms with Gasteiger partial charge in [-0.15, -0.1) is 0 Å². The number of nitrogens with one attached hydrogen (secondary N) is 1. The van der Waals surface area contributed by atoms with Crippen LogP contribution in [0, 0.1) is 6.92 Å². The lowest BCUT2D eigenvalue weighted by molar-refractivity contribution is 0.0727. The van der Waals surface area contributed by atoms with Gasteiger partial charge in [0.2, 0.25) is 0 Å². The van der Waals surface area contributed by atoms with Gasteiger partial charge in [0, 0.05) is 11.9 Å². The van der Waals surface area contributed by atoms with Crippen LogP contribution in [0.3, 0.4) is 0 Å². The van der Waals surface area contributed by atoms with Crippen molar-refractivity contribution in [1.82, 2.24) is 9.38 Å². The third-order valence-electron chi connectivity index (χ3n) is 3.36. The lowest BCUT2D eigenvalue weighted by Crippen LogP contribution is -2.12. The van der Waals surface area contributed by atoms with Gasteiger partial charge < -0.3 is 9.47 Å². The van der Waals surface area contributed by atoms with E-state index in [1.807, 2.05) is 25.3 Å². The number of aromatic nitrogens is 2. The fraction of sp³-hybridized carbons (Fsp3) is 0.118. The maximum absolute atomic E-state index is 12.3. The van der Waals surface area contributed by atoms with E-state index in [2.05, 4.69) is 15.0 Å². The molecule has 0 saturated heterocycles. The Kier molecular flexibility index (Phi) is 4.15. The fourth-order valence-corrected chi connectivity index (χ4v) is 2.17. The van der Waals surface area contributed by atoms with Crippen LogP contribution in [0.1, 0.15) is 16.1 Å². The van der Waals surface area contributed by atoms with Crippen molar-refractivity contribution in [2.75, 3.05) is 12.4 Å². The van der Waals surface area contributed by atoms with E-state index in [9.17, 15) is 9.59 Å². The summed E-state index contributed by atoms with van der Waals surface area (Å²) in [5.74, 6) is -0.153. The molecular weight excluding hydrogens is 310 g/mol. The minimum atomic E-state index is -0.569. The van der Waals surface area contributed by atoms with Crippen molar-refractivity contribution >= 4 is 23.4 Å². The number of methoxy groups -OCH3 is 1. The second-order valence-electron chi connectivity index (χ2n) is 5.11. The minimum absolute atomic E-state index is 0.338. The van der Waals surface area contributed by atoms with Gasteiger partial charge in [-0.05, 0) is 42.8 Å². The van der Waals surface area contributed by atoms with Gasteiger partial charge in [0.15, 0.2) is 5.69 Å². The van der Waals surface area contributed by atoms with E-state index in [4.69, 9.17) is 4.74 Å². The average molecular weight is 325 g/mol.